The minimum Gasteiger partial charge on any atom is -0.444 e. The third kappa shape index (κ3) is 8.20. The lowest BCUT2D eigenvalue weighted by Crippen LogP contribution is -2.44. The molecular weight excluding hydrogens is 585 g/mol. The van der Waals surface area contributed by atoms with Crippen molar-refractivity contribution < 1.29 is 24.9 Å². The van der Waals surface area contributed by atoms with Crippen LogP contribution in [-0.4, -0.2) is 99.7 Å². The van der Waals surface area contributed by atoms with E-state index in [2.05, 4.69) is 10.3 Å². The normalized spacial score (nSPS) is 14.1. The molecule has 2 aromatic heterocycles. The number of ether oxygens (including phenoxy) is 1. The summed E-state index contributed by atoms with van der Waals surface area (Å²) in [7, 11) is 3.92. The number of imidazole rings is 1. The second-order valence-electron chi connectivity index (χ2n) is 12.0. The maximum Gasteiger partial charge on any atom is 0.410 e. The van der Waals surface area contributed by atoms with Crippen molar-refractivity contribution in [2.75, 3.05) is 46.8 Å². The molecule has 11 nitrogen and oxygen atoms in total. The molecule has 1 aromatic carbocycles. The average molecular weight is 630 g/mol. The molecule has 0 unspecified atom stereocenters. The number of rotatable bonds is 9. The van der Waals surface area contributed by atoms with Crippen molar-refractivity contribution in [3.8, 4) is 22.0 Å². The molecular formula is C31H44FN7O4S. The summed E-state index contributed by atoms with van der Waals surface area (Å²) < 4.78 is 21.4. The molecule has 240 valence electrons. The van der Waals surface area contributed by atoms with E-state index in [1.54, 1.807) is 35.7 Å². The summed E-state index contributed by atoms with van der Waals surface area (Å²) in [4.78, 5) is 53.1. The van der Waals surface area contributed by atoms with Gasteiger partial charge in [-0.3, -0.25) is 9.69 Å². The number of aromatic nitrogens is 3. The van der Waals surface area contributed by atoms with Gasteiger partial charge in [-0.1, -0.05) is 0 Å². The van der Waals surface area contributed by atoms with Gasteiger partial charge in [-0.25, -0.2) is 23.9 Å². The molecule has 1 saturated heterocycles. The quantitative estimate of drug-likeness (QED) is 0.300. The van der Waals surface area contributed by atoms with Gasteiger partial charge in [-0.15, -0.1) is 11.3 Å². The number of carbonyl (C=O) groups excluding carboxylic acids is 3. The highest BCUT2D eigenvalue weighted by Crippen LogP contribution is 2.37. The van der Waals surface area contributed by atoms with E-state index >= 15 is 0 Å². The van der Waals surface area contributed by atoms with E-state index in [4.69, 9.17) is 9.72 Å². The molecule has 4 amide bonds. The number of nitrogens with one attached hydrogen (secondary N) is 1. The first-order valence-electron chi connectivity index (χ1n) is 14.9. The smallest absolute Gasteiger partial charge is 0.410 e. The monoisotopic (exact) mass is 629 g/mol. The summed E-state index contributed by atoms with van der Waals surface area (Å²) in [6, 6.07) is 5.63. The van der Waals surface area contributed by atoms with E-state index in [0.29, 0.717) is 54.4 Å². The van der Waals surface area contributed by atoms with Gasteiger partial charge in [0.25, 0.3) is 5.91 Å². The van der Waals surface area contributed by atoms with Gasteiger partial charge in [0.1, 0.15) is 27.8 Å². The summed E-state index contributed by atoms with van der Waals surface area (Å²) in [5.74, 6) is -0.841. The Hall–Kier alpha value is -3.84. The van der Waals surface area contributed by atoms with E-state index in [9.17, 15) is 18.8 Å². The lowest BCUT2D eigenvalue weighted by Gasteiger charge is -2.34. The maximum absolute atomic E-state index is 13.8. The van der Waals surface area contributed by atoms with Crippen LogP contribution in [0.5, 0.6) is 0 Å². The predicted molar refractivity (Wildman–Crippen MR) is 170 cm³/mol. The van der Waals surface area contributed by atoms with Gasteiger partial charge < -0.3 is 24.4 Å². The van der Waals surface area contributed by atoms with Crippen molar-refractivity contribution in [3.63, 3.8) is 0 Å². The first-order chi connectivity index (χ1) is 20.9. The summed E-state index contributed by atoms with van der Waals surface area (Å²) in [5.41, 5.74) is 1.61. The Kier molecular flexibility index (Phi) is 10.7. The predicted octanol–water partition coefficient (Wildman–Crippen LogP) is 5.75. The minimum absolute atomic E-state index is 0. The number of amides is 4. The molecule has 4 rings (SSSR count). The molecule has 0 spiro atoms. The Labute approximate surface area is 263 Å². The number of benzene rings is 1. The van der Waals surface area contributed by atoms with E-state index < -0.39 is 17.5 Å². The van der Waals surface area contributed by atoms with Crippen LogP contribution in [0, 0.1) is 5.82 Å². The van der Waals surface area contributed by atoms with Gasteiger partial charge in [0, 0.05) is 44.6 Å². The molecule has 0 bridgehead atoms. The minimum atomic E-state index is -0.574. The number of thiazole rings is 1. The summed E-state index contributed by atoms with van der Waals surface area (Å²) in [5, 5.41) is 5.03. The van der Waals surface area contributed by atoms with Crippen molar-refractivity contribution in [1.29, 1.82) is 0 Å². The molecule has 1 N–H and O–H groups in total. The second-order valence-corrected chi connectivity index (χ2v) is 12.9. The topological polar surface area (TPSA) is 113 Å². The van der Waals surface area contributed by atoms with Crippen LogP contribution in [-0.2, 0) is 4.74 Å². The van der Waals surface area contributed by atoms with Crippen molar-refractivity contribution >= 4 is 29.4 Å². The zero-order valence-corrected chi connectivity index (χ0v) is 27.1. The molecule has 1 fully saturated rings. The van der Waals surface area contributed by atoms with Crippen molar-refractivity contribution in [2.24, 2.45) is 0 Å². The standard InChI is InChI=1S/C31H42FN7O4S.H2/c1-7-38(29(41)33-15-8-16-36(5)6)28(40)24-19-44-27(35-24)26-25(21-9-11-22(32)12-10-21)34-20-39(26)23-13-17-37(18-14-23)30(42)43-31(2,3)4;/h9-12,19-20,23H,7-8,13-18H2,1-6H3,(H,33,41);1H. The molecule has 0 saturated carbocycles. The van der Waals surface area contributed by atoms with Crippen LogP contribution in [0.1, 0.15) is 64.9 Å². The number of carbonyl (C=O) groups is 3. The average Bonchev–Trinajstić information content (AvgIpc) is 3.63. The van der Waals surface area contributed by atoms with Gasteiger partial charge >= 0.3 is 12.1 Å². The van der Waals surface area contributed by atoms with E-state index in [1.165, 1.54) is 23.5 Å². The zero-order valence-electron chi connectivity index (χ0n) is 26.3. The lowest BCUT2D eigenvalue weighted by molar-refractivity contribution is 0.0188. The Morgan fingerprint density at radius 1 is 1.16 bits per heavy atom. The Bertz CT molecular complexity index is 1450. The summed E-state index contributed by atoms with van der Waals surface area (Å²) in [6.45, 7) is 9.78. The van der Waals surface area contributed by atoms with Crippen molar-refractivity contribution in [1.82, 2.24) is 34.6 Å². The number of piperidine rings is 1. The number of halogens is 1. The largest absolute Gasteiger partial charge is 0.444 e. The molecule has 1 aliphatic heterocycles. The van der Waals surface area contributed by atoms with E-state index in [-0.39, 0.29) is 31.6 Å². The van der Waals surface area contributed by atoms with Crippen LogP contribution in [0.25, 0.3) is 22.0 Å². The summed E-state index contributed by atoms with van der Waals surface area (Å²) >= 11 is 1.29. The van der Waals surface area contributed by atoms with E-state index in [0.717, 1.165) is 17.9 Å². The first-order valence-corrected chi connectivity index (χ1v) is 15.8. The maximum atomic E-state index is 13.8. The van der Waals surface area contributed by atoms with Gasteiger partial charge in [0.15, 0.2) is 0 Å². The van der Waals surface area contributed by atoms with Crippen LogP contribution < -0.4 is 5.32 Å². The number of imide groups is 1. The number of likely N-dealkylation sites (tertiary alicyclic amines) is 1. The highest BCUT2D eigenvalue weighted by atomic mass is 32.1. The van der Waals surface area contributed by atoms with Crippen LogP contribution in [0.2, 0.25) is 0 Å². The van der Waals surface area contributed by atoms with Gasteiger partial charge in [0.2, 0.25) is 0 Å². The Balaban J connectivity index is 0.00000552. The number of hydrogen-bond donors (Lipinski definition) is 1. The molecule has 44 heavy (non-hydrogen) atoms. The van der Waals surface area contributed by atoms with Crippen LogP contribution in [0.4, 0.5) is 14.0 Å². The SMILES string of the molecule is CCN(C(=O)NCCCN(C)C)C(=O)c1csc(-c2c(-c3ccc(F)cc3)ncn2C2CCN(C(=O)OC(C)(C)C)CC2)n1.[HH]. The van der Waals surface area contributed by atoms with Gasteiger partial charge in [0.05, 0.1) is 12.0 Å². The fraction of sp³-hybridized carbons (Fsp3) is 0.516. The third-order valence-electron chi connectivity index (χ3n) is 7.21. The Morgan fingerprint density at radius 3 is 2.45 bits per heavy atom. The zero-order chi connectivity index (χ0) is 32.0. The van der Waals surface area contributed by atoms with Crippen LogP contribution in [0.15, 0.2) is 36.0 Å². The molecule has 0 aliphatic carbocycles. The number of urea groups is 1. The van der Waals surface area contributed by atoms with Gasteiger partial charge in [-0.05, 0) is 91.9 Å². The molecule has 3 heterocycles. The highest BCUT2D eigenvalue weighted by Gasteiger charge is 2.31. The number of nitrogens with zero attached hydrogens (tertiary/aromatic N) is 6. The fourth-order valence-corrected chi connectivity index (χ4v) is 5.85. The van der Waals surface area contributed by atoms with Crippen molar-refractivity contribution in [3.05, 3.63) is 47.5 Å². The molecule has 13 heteroatoms. The van der Waals surface area contributed by atoms with Crippen molar-refractivity contribution in [2.45, 2.75) is 58.6 Å². The second kappa shape index (κ2) is 14.3. The van der Waals surface area contributed by atoms with Gasteiger partial charge in [-0.2, -0.15) is 0 Å². The lowest BCUT2D eigenvalue weighted by atomic mass is 10.0. The molecule has 1 aliphatic rings. The van der Waals surface area contributed by atoms with E-state index in [1.807, 2.05) is 44.3 Å². The van der Waals surface area contributed by atoms with Crippen LogP contribution in [0.3, 0.4) is 0 Å². The molecule has 0 radical (unpaired) electrons. The number of hydrogen-bond acceptors (Lipinski definition) is 8. The highest BCUT2D eigenvalue weighted by molar-refractivity contribution is 7.13. The summed E-state index contributed by atoms with van der Waals surface area (Å²) in [6.07, 6.45) is 3.50. The third-order valence-corrected chi connectivity index (χ3v) is 8.06. The first kappa shape index (κ1) is 33.1. The Morgan fingerprint density at radius 2 is 1.84 bits per heavy atom. The molecule has 0 atom stereocenters. The fourth-order valence-electron chi connectivity index (χ4n) is 5.01. The van der Waals surface area contributed by atoms with Crippen LogP contribution >= 0.6 is 11.3 Å². The molecule has 3 aromatic rings.